The van der Waals surface area contributed by atoms with Gasteiger partial charge in [-0.25, -0.2) is 14.3 Å². The molecular weight excluding hydrogens is 532 g/mol. The number of nitrogens with zero attached hydrogens (tertiary/aromatic N) is 3. The quantitative estimate of drug-likeness (QED) is 0.141. The molecule has 0 saturated carbocycles. The molecule has 1 heterocycles. The zero-order valence-electron chi connectivity index (χ0n) is 23.4. The lowest BCUT2D eigenvalue weighted by atomic mass is 10.1. The van der Waals surface area contributed by atoms with Gasteiger partial charge in [0.15, 0.2) is 6.10 Å². The van der Waals surface area contributed by atoms with Gasteiger partial charge in [-0.15, -0.1) is 5.10 Å². The van der Waals surface area contributed by atoms with Gasteiger partial charge in [0, 0.05) is 0 Å². The van der Waals surface area contributed by atoms with Gasteiger partial charge in [-0.2, -0.15) is 0 Å². The van der Waals surface area contributed by atoms with Crippen molar-refractivity contribution in [2.75, 3.05) is 11.9 Å². The van der Waals surface area contributed by atoms with E-state index in [1.54, 1.807) is 6.07 Å². The van der Waals surface area contributed by atoms with Crippen LogP contribution in [-0.4, -0.2) is 45.6 Å². The second-order valence-corrected chi connectivity index (χ2v) is 10.3. The van der Waals surface area contributed by atoms with Gasteiger partial charge in [-0.3, -0.25) is 4.79 Å². The number of hydrogen-bond donors (Lipinski definition) is 1. The first-order valence-electron chi connectivity index (χ1n) is 14.1. The lowest BCUT2D eigenvalue weighted by Crippen LogP contribution is -2.26. The number of fused-ring (bicyclic) bond motifs is 1. The van der Waals surface area contributed by atoms with Crippen LogP contribution in [0, 0.1) is 0 Å². The number of halogens is 1. The Labute approximate surface area is 240 Å². The monoisotopic (exact) mass is 570 g/mol. The maximum atomic E-state index is 12.7. The highest BCUT2D eigenvalue weighted by atomic mass is 35.5. The van der Waals surface area contributed by atoms with Crippen molar-refractivity contribution in [1.82, 2.24) is 15.0 Å². The highest BCUT2D eigenvalue weighted by molar-refractivity contribution is 6.33. The highest BCUT2D eigenvalue weighted by Crippen LogP contribution is 2.24. The molecule has 0 aliphatic rings. The maximum absolute atomic E-state index is 12.7. The second-order valence-electron chi connectivity index (χ2n) is 9.88. The topological polar surface area (TPSA) is 112 Å². The van der Waals surface area contributed by atoms with E-state index in [2.05, 4.69) is 22.6 Å². The molecule has 216 valence electrons. The third kappa shape index (κ3) is 9.93. The van der Waals surface area contributed by atoms with Gasteiger partial charge in [0.25, 0.3) is 0 Å². The molecule has 1 amide bonds. The summed E-state index contributed by atoms with van der Waals surface area (Å²) in [5, 5.41) is 11.0. The van der Waals surface area contributed by atoms with E-state index in [9.17, 15) is 14.4 Å². The minimum absolute atomic E-state index is 0.0898. The van der Waals surface area contributed by atoms with Crippen molar-refractivity contribution in [1.29, 1.82) is 0 Å². The molecule has 0 bridgehead atoms. The third-order valence-corrected chi connectivity index (χ3v) is 6.88. The van der Waals surface area contributed by atoms with Gasteiger partial charge in [-0.1, -0.05) is 93.7 Å². The first-order valence-corrected chi connectivity index (χ1v) is 14.5. The van der Waals surface area contributed by atoms with E-state index in [1.165, 1.54) is 74.8 Å². The largest absolute Gasteiger partial charge is 0.463 e. The molecule has 0 fully saturated rings. The zero-order chi connectivity index (χ0) is 28.7. The molecule has 1 unspecified atom stereocenters. The van der Waals surface area contributed by atoms with Crippen LogP contribution in [0.1, 0.15) is 88.4 Å². The summed E-state index contributed by atoms with van der Waals surface area (Å²) in [5.74, 6) is -1.71. The van der Waals surface area contributed by atoms with Crippen LogP contribution >= 0.6 is 11.6 Å². The fourth-order valence-corrected chi connectivity index (χ4v) is 4.43. The van der Waals surface area contributed by atoms with Gasteiger partial charge >= 0.3 is 11.9 Å². The van der Waals surface area contributed by atoms with Gasteiger partial charge in [0.05, 0.1) is 28.4 Å². The Morgan fingerprint density at radius 1 is 0.950 bits per heavy atom. The Morgan fingerprint density at radius 2 is 1.62 bits per heavy atom. The van der Waals surface area contributed by atoms with E-state index < -0.39 is 23.9 Å². The maximum Gasteiger partial charge on any atom is 0.347 e. The van der Waals surface area contributed by atoms with Crippen LogP contribution in [0.3, 0.4) is 0 Å². The van der Waals surface area contributed by atoms with E-state index in [0.717, 1.165) is 24.8 Å². The number of benzene rings is 2. The van der Waals surface area contributed by atoms with E-state index >= 15 is 0 Å². The zero-order valence-corrected chi connectivity index (χ0v) is 24.1. The number of unbranched alkanes of at least 4 members (excludes halogenated alkanes) is 9. The summed E-state index contributed by atoms with van der Waals surface area (Å²) in [4.78, 5) is 37.6. The molecule has 0 spiro atoms. The molecule has 3 rings (SSSR count). The number of para-hydroxylation sites is 1. The number of amides is 1. The first kappa shape index (κ1) is 31.1. The fraction of sp³-hybridized carbons (Fsp3) is 0.500. The molecule has 3 aromatic rings. The lowest BCUT2D eigenvalue weighted by Gasteiger charge is -2.14. The van der Waals surface area contributed by atoms with E-state index in [1.807, 2.05) is 18.2 Å². The number of ether oxygens (including phenoxy) is 2. The summed E-state index contributed by atoms with van der Waals surface area (Å²) in [6.45, 7) is 3.91. The molecule has 0 aliphatic heterocycles. The summed E-state index contributed by atoms with van der Waals surface area (Å²) in [6, 6.07) is 11.6. The van der Waals surface area contributed by atoms with E-state index in [4.69, 9.17) is 21.1 Å². The minimum Gasteiger partial charge on any atom is -0.463 e. The summed E-state index contributed by atoms with van der Waals surface area (Å²) in [7, 11) is 0. The van der Waals surface area contributed by atoms with Gasteiger partial charge in [0.1, 0.15) is 12.1 Å². The predicted molar refractivity (Wildman–Crippen MR) is 155 cm³/mol. The summed E-state index contributed by atoms with van der Waals surface area (Å²) in [5.41, 5.74) is 1.77. The molecule has 2 aromatic carbocycles. The van der Waals surface area contributed by atoms with Crippen LogP contribution < -0.4 is 5.32 Å². The Balaban J connectivity index is 1.39. The van der Waals surface area contributed by atoms with Crippen LogP contribution in [-0.2, 0) is 25.6 Å². The second kappa shape index (κ2) is 16.6. The Morgan fingerprint density at radius 3 is 2.35 bits per heavy atom. The molecule has 1 atom stereocenters. The molecule has 9 nitrogen and oxygen atoms in total. The Hall–Kier alpha value is -3.46. The van der Waals surface area contributed by atoms with Crippen LogP contribution in [0.4, 0.5) is 5.69 Å². The van der Waals surface area contributed by atoms with Crippen molar-refractivity contribution < 1.29 is 23.9 Å². The van der Waals surface area contributed by atoms with Crippen molar-refractivity contribution in [3.05, 3.63) is 53.1 Å². The summed E-state index contributed by atoms with van der Waals surface area (Å²) < 4.78 is 12.0. The third-order valence-electron chi connectivity index (χ3n) is 6.55. The van der Waals surface area contributed by atoms with Crippen molar-refractivity contribution in [2.24, 2.45) is 0 Å². The van der Waals surface area contributed by atoms with Crippen molar-refractivity contribution in [3.63, 3.8) is 0 Å². The smallest absolute Gasteiger partial charge is 0.347 e. The average molecular weight is 571 g/mol. The Kier molecular flexibility index (Phi) is 12.9. The number of esters is 2. The standard InChI is InChI=1S/C30H39ClN4O5/c1-3-4-5-6-7-8-9-10-11-14-19-39-29(37)22(2)40-30(38)23-17-18-24(31)26(20-23)32-28(36)21-35-27-16-13-12-15-25(27)33-34-35/h12-13,15-18,20,22H,3-11,14,19,21H2,1-2H3,(H,32,36). The predicted octanol–water partition coefficient (Wildman–Crippen LogP) is 6.73. The van der Waals surface area contributed by atoms with Gasteiger partial charge in [0.2, 0.25) is 5.91 Å². The lowest BCUT2D eigenvalue weighted by molar-refractivity contribution is -0.153. The summed E-state index contributed by atoms with van der Waals surface area (Å²) in [6.07, 6.45) is 10.8. The number of carbonyl (C=O) groups is 3. The molecule has 0 aliphatic carbocycles. The molecule has 1 N–H and O–H groups in total. The van der Waals surface area contributed by atoms with Crippen LogP contribution in [0.25, 0.3) is 11.0 Å². The number of aromatic nitrogens is 3. The van der Waals surface area contributed by atoms with Crippen molar-refractivity contribution in [2.45, 2.75) is 90.7 Å². The van der Waals surface area contributed by atoms with E-state index in [-0.39, 0.29) is 22.8 Å². The first-order chi connectivity index (χ1) is 19.4. The number of nitrogens with one attached hydrogen (secondary N) is 1. The summed E-state index contributed by atoms with van der Waals surface area (Å²) >= 11 is 6.24. The molecule has 0 saturated heterocycles. The number of anilines is 1. The van der Waals surface area contributed by atoms with Gasteiger partial charge in [-0.05, 0) is 43.7 Å². The molecule has 40 heavy (non-hydrogen) atoms. The fourth-order valence-electron chi connectivity index (χ4n) is 4.26. The van der Waals surface area contributed by atoms with Crippen molar-refractivity contribution >= 4 is 46.2 Å². The molecule has 0 radical (unpaired) electrons. The number of hydrogen-bond acceptors (Lipinski definition) is 7. The normalized spacial score (nSPS) is 11.8. The minimum atomic E-state index is -1.06. The van der Waals surface area contributed by atoms with Crippen LogP contribution in [0.15, 0.2) is 42.5 Å². The van der Waals surface area contributed by atoms with Crippen molar-refractivity contribution in [3.8, 4) is 0 Å². The highest BCUT2D eigenvalue weighted by Gasteiger charge is 2.21. The van der Waals surface area contributed by atoms with Gasteiger partial charge < -0.3 is 14.8 Å². The average Bonchev–Trinajstić information content (AvgIpc) is 3.35. The van der Waals surface area contributed by atoms with Crippen LogP contribution in [0.5, 0.6) is 0 Å². The number of rotatable bonds is 17. The molecular formula is C30H39ClN4O5. The number of carbonyl (C=O) groups excluding carboxylic acids is 3. The molecule has 10 heteroatoms. The van der Waals surface area contributed by atoms with E-state index in [0.29, 0.717) is 12.1 Å². The Bertz CT molecular complexity index is 1260. The SMILES string of the molecule is CCCCCCCCCCCCOC(=O)C(C)OC(=O)c1ccc(Cl)c(NC(=O)Cn2nnc3ccccc32)c1. The molecule has 1 aromatic heterocycles. The van der Waals surface area contributed by atoms with Crippen LogP contribution in [0.2, 0.25) is 5.02 Å².